The molecule has 3 N–H and O–H groups in total. The van der Waals surface area contributed by atoms with Crippen LogP contribution in [0.5, 0.6) is 0 Å². The summed E-state index contributed by atoms with van der Waals surface area (Å²) < 4.78 is 13.5. The standard InChI is InChI=1S/C11H15FN2O/c12-10-7-14-5-3-9(10)11(15)4-1-2-8(13)6-11/h3,5,7-8,15H,1-2,4,6,13H2. The van der Waals surface area contributed by atoms with Gasteiger partial charge in [-0.15, -0.1) is 0 Å². The Morgan fingerprint density at radius 1 is 1.60 bits per heavy atom. The van der Waals surface area contributed by atoms with E-state index in [0.29, 0.717) is 18.4 Å². The van der Waals surface area contributed by atoms with E-state index in [-0.39, 0.29) is 6.04 Å². The predicted molar refractivity (Wildman–Crippen MR) is 54.5 cm³/mol. The smallest absolute Gasteiger partial charge is 0.147 e. The van der Waals surface area contributed by atoms with Crippen LogP contribution in [-0.2, 0) is 5.60 Å². The molecule has 2 atom stereocenters. The van der Waals surface area contributed by atoms with Gasteiger partial charge in [0.15, 0.2) is 0 Å². The molecule has 1 aliphatic rings. The van der Waals surface area contributed by atoms with Gasteiger partial charge in [-0.1, -0.05) is 0 Å². The lowest BCUT2D eigenvalue weighted by atomic mass is 9.78. The van der Waals surface area contributed by atoms with Crippen molar-refractivity contribution < 1.29 is 9.50 Å². The third-order valence-corrected chi connectivity index (χ3v) is 3.04. The van der Waals surface area contributed by atoms with E-state index in [1.165, 1.54) is 12.3 Å². The number of nitrogens with two attached hydrogens (primary N) is 1. The maximum atomic E-state index is 13.5. The largest absolute Gasteiger partial charge is 0.385 e. The zero-order chi connectivity index (χ0) is 10.9. The van der Waals surface area contributed by atoms with E-state index in [9.17, 15) is 9.50 Å². The summed E-state index contributed by atoms with van der Waals surface area (Å²) in [6.07, 6.45) is 5.36. The van der Waals surface area contributed by atoms with E-state index >= 15 is 0 Å². The lowest BCUT2D eigenvalue weighted by Gasteiger charge is -2.35. The second-order valence-corrected chi connectivity index (χ2v) is 4.24. The lowest BCUT2D eigenvalue weighted by molar-refractivity contribution is -0.0103. The van der Waals surface area contributed by atoms with Gasteiger partial charge in [-0.2, -0.15) is 0 Å². The Kier molecular flexibility index (Phi) is 2.71. The molecule has 82 valence electrons. The highest BCUT2D eigenvalue weighted by Crippen LogP contribution is 2.37. The molecule has 0 amide bonds. The third-order valence-electron chi connectivity index (χ3n) is 3.04. The molecule has 2 unspecified atom stereocenters. The molecule has 1 fully saturated rings. The number of rotatable bonds is 1. The Morgan fingerprint density at radius 3 is 3.07 bits per heavy atom. The summed E-state index contributed by atoms with van der Waals surface area (Å²) in [6, 6.07) is 1.49. The quantitative estimate of drug-likeness (QED) is 0.734. The van der Waals surface area contributed by atoms with Crippen LogP contribution in [0.15, 0.2) is 18.5 Å². The molecule has 0 aliphatic heterocycles. The van der Waals surface area contributed by atoms with E-state index in [4.69, 9.17) is 5.73 Å². The molecule has 15 heavy (non-hydrogen) atoms. The number of pyridine rings is 1. The number of nitrogens with zero attached hydrogens (tertiary/aromatic N) is 1. The SMILES string of the molecule is NC1CCCC(O)(c2ccncc2F)C1. The Labute approximate surface area is 88.1 Å². The molecule has 3 nitrogen and oxygen atoms in total. The van der Waals surface area contributed by atoms with Gasteiger partial charge in [0.25, 0.3) is 0 Å². The van der Waals surface area contributed by atoms with Gasteiger partial charge in [0.05, 0.1) is 11.8 Å². The minimum Gasteiger partial charge on any atom is -0.385 e. The van der Waals surface area contributed by atoms with Crippen molar-refractivity contribution in [2.75, 3.05) is 0 Å². The molecule has 1 heterocycles. The fraction of sp³-hybridized carbons (Fsp3) is 0.545. The summed E-state index contributed by atoms with van der Waals surface area (Å²) in [5.74, 6) is -0.450. The van der Waals surface area contributed by atoms with Crippen LogP contribution < -0.4 is 5.73 Å². The summed E-state index contributed by atoms with van der Waals surface area (Å²) in [5.41, 5.74) is 5.02. The van der Waals surface area contributed by atoms with E-state index < -0.39 is 11.4 Å². The Balaban J connectivity index is 2.32. The van der Waals surface area contributed by atoms with Gasteiger partial charge in [0.1, 0.15) is 5.82 Å². The fourth-order valence-corrected chi connectivity index (χ4v) is 2.29. The zero-order valence-corrected chi connectivity index (χ0v) is 8.49. The second kappa shape index (κ2) is 3.87. The first kappa shape index (κ1) is 10.5. The lowest BCUT2D eigenvalue weighted by Crippen LogP contribution is -2.39. The van der Waals surface area contributed by atoms with Crippen molar-refractivity contribution in [1.82, 2.24) is 4.98 Å². The van der Waals surface area contributed by atoms with Crippen LogP contribution in [0.4, 0.5) is 4.39 Å². The average Bonchev–Trinajstić information content (AvgIpc) is 2.17. The van der Waals surface area contributed by atoms with Gasteiger partial charge in [0.2, 0.25) is 0 Å². The van der Waals surface area contributed by atoms with Gasteiger partial charge in [-0.05, 0) is 31.7 Å². The molecular weight excluding hydrogens is 195 g/mol. The normalized spacial score (nSPS) is 31.5. The molecule has 1 aliphatic carbocycles. The van der Waals surface area contributed by atoms with Crippen LogP contribution in [-0.4, -0.2) is 16.1 Å². The van der Waals surface area contributed by atoms with Gasteiger partial charge in [0, 0.05) is 17.8 Å². The van der Waals surface area contributed by atoms with Crippen molar-refractivity contribution in [3.8, 4) is 0 Å². The second-order valence-electron chi connectivity index (χ2n) is 4.24. The molecule has 0 spiro atoms. The van der Waals surface area contributed by atoms with Crippen molar-refractivity contribution in [2.24, 2.45) is 5.73 Å². The van der Waals surface area contributed by atoms with E-state index in [2.05, 4.69) is 4.98 Å². The minimum absolute atomic E-state index is 0.0451. The highest BCUT2D eigenvalue weighted by Gasteiger charge is 2.36. The molecule has 1 aromatic rings. The van der Waals surface area contributed by atoms with Crippen LogP contribution in [0.3, 0.4) is 0 Å². The first-order valence-electron chi connectivity index (χ1n) is 5.20. The van der Waals surface area contributed by atoms with Crippen molar-refractivity contribution in [3.63, 3.8) is 0 Å². The first-order chi connectivity index (χ1) is 7.12. The Hall–Kier alpha value is -1.00. The monoisotopic (exact) mass is 210 g/mol. The van der Waals surface area contributed by atoms with Crippen LogP contribution in [0.25, 0.3) is 0 Å². The van der Waals surface area contributed by atoms with Gasteiger partial charge in [-0.25, -0.2) is 4.39 Å². The predicted octanol–water partition coefficient (Wildman–Crippen LogP) is 1.31. The highest BCUT2D eigenvalue weighted by molar-refractivity contribution is 5.22. The van der Waals surface area contributed by atoms with Gasteiger partial charge < -0.3 is 10.8 Å². The van der Waals surface area contributed by atoms with Crippen LogP contribution >= 0.6 is 0 Å². The van der Waals surface area contributed by atoms with Crippen LogP contribution in [0, 0.1) is 5.82 Å². The summed E-state index contributed by atoms with van der Waals surface area (Å²) in [7, 11) is 0. The van der Waals surface area contributed by atoms with E-state index in [1.807, 2.05) is 0 Å². The third kappa shape index (κ3) is 2.01. The topological polar surface area (TPSA) is 59.1 Å². The number of aliphatic hydroxyl groups is 1. The van der Waals surface area contributed by atoms with Crippen molar-refractivity contribution >= 4 is 0 Å². The van der Waals surface area contributed by atoms with Gasteiger partial charge in [-0.3, -0.25) is 4.98 Å². The number of halogens is 1. The number of hydrogen-bond donors (Lipinski definition) is 2. The van der Waals surface area contributed by atoms with Crippen molar-refractivity contribution in [1.29, 1.82) is 0 Å². The first-order valence-corrected chi connectivity index (χ1v) is 5.20. The highest BCUT2D eigenvalue weighted by atomic mass is 19.1. The fourth-order valence-electron chi connectivity index (χ4n) is 2.29. The molecule has 1 aromatic heterocycles. The Bertz CT molecular complexity index is 358. The minimum atomic E-state index is -1.11. The molecule has 0 saturated heterocycles. The molecular formula is C11H15FN2O. The van der Waals surface area contributed by atoms with Gasteiger partial charge >= 0.3 is 0 Å². The zero-order valence-electron chi connectivity index (χ0n) is 8.49. The maximum absolute atomic E-state index is 13.5. The van der Waals surface area contributed by atoms with Crippen LogP contribution in [0.2, 0.25) is 0 Å². The summed E-state index contributed by atoms with van der Waals surface area (Å²) >= 11 is 0. The average molecular weight is 210 g/mol. The number of hydrogen-bond acceptors (Lipinski definition) is 3. The molecule has 4 heteroatoms. The van der Waals surface area contributed by atoms with E-state index in [1.54, 1.807) is 0 Å². The molecule has 0 aromatic carbocycles. The Morgan fingerprint density at radius 2 is 2.40 bits per heavy atom. The summed E-state index contributed by atoms with van der Waals surface area (Å²) in [5, 5.41) is 10.3. The van der Waals surface area contributed by atoms with Crippen LogP contribution in [0.1, 0.15) is 31.2 Å². The van der Waals surface area contributed by atoms with Crippen molar-refractivity contribution in [3.05, 3.63) is 29.8 Å². The molecule has 2 rings (SSSR count). The van der Waals surface area contributed by atoms with Crippen molar-refractivity contribution in [2.45, 2.75) is 37.3 Å². The molecule has 1 saturated carbocycles. The number of aromatic nitrogens is 1. The molecule has 0 radical (unpaired) electrons. The summed E-state index contributed by atoms with van der Waals surface area (Å²) in [6.45, 7) is 0. The van der Waals surface area contributed by atoms with E-state index in [0.717, 1.165) is 19.0 Å². The maximum Gasteiger partial charge on any atom is 0.147 e. The summed E-state index contributed by atoms with van der Waals surface area (Å²) in [4.78, 5) is 3.67. The molecule has 0 bridgehead atoms.